The van der Waals surface area contributed by atoms with Crippen molar-refractivity contribution in [2.45, 2.75) is 27.1 Å². The molecule has 0 aliphatic heterocycles. The fraction of sp³-hybridized carbons (Fsp3) is 0.294. The lowest BCUT2D eigenvalue weighted by molar-refractivity contribution is 0.257. The molecule has 3 nitrogen and oxygen atoms in total. The van der Waals surface area contributed by atoms with E-state index in [1.54, 1.807) is 13.2 Å². The molecule has 0 fully saturated rings. The molecular formula is C17H20O3. The number of aryl methyl sites for hydroxylation is 2. The normalized spacial score (nSPS) is 10.4. The van der Waals surface area contributed by atoms with Crippen molar-refractivity contribution in [3.63, 3.8) is 0 Å². The summed E-state index contributed by atoms with van der Waals surface area (Å²) >= 11 is 0. The summed E-state index contributed by atoms with van der Waals surface area (Å²) in [7, 11) is 1.60. The van der Waals surface area contributed by atoms with Gasteiger partial charge in [0.05, 0.1) is 13.7 Å². The van der Waals surface area contributed by atoms with Crippen LogP contribution in [0, 0.1) is 13.8 Å². The fourth-order valence-corrected chi connectivity index (χ4v) is 2.17. The number of ether oxygens (including phenoxy) is 2. The van der Waals surface area contributed by atoms with Crippen LogP contribution in [0.4, 0.5) is 0 Å². The van der Waals surface area contributed by atoms with Gasteiger partial charge in [-0.1, -0.05) is 18.2 Å². The van der Waals surface area contributed by atoms with Gasteiger partial charge >= 0.3 is 0 Å². The summed E-state index contributed by atoms with van der Waals surface area (Å²) in [5, 5.41) is 9.41. The SMILES string of the molecule is COc1ccc(OCc2c(C)cccc2C)c(CO)c1. The molecule has 0 atom stereocenters. The molecule has 1 N–H and O–H groups in total. The second kappa shape index (κ2) is 6.44. The maximum Gasteiger partial charge on any atom is 0.125 e. The van der Waals surface area contributed by atoms with Crippen LogP contribution in [-0.2, 0) is 13.2 Å². The summed E-state index contributed by atoms with van der Waals surface area (Å²) in [6.07, 6.45) is 0. The van der Waals surface area contributed by atoms with E-state index in [2.05, 4.69) is 26.0 Å². The Bertz CT molecular complexity index is 571. The topological polar surface area (TPSA) is 38.7 Å². The molecule has 0 bridgehead atoms. The fourth-order valence-electron chi connectivity index (χ4n) is 2.17. The number of hydrogen-bond acceptors (Lipinski definition) is 3. The molecule has 0 saturated heterocycles. The first-order valence-electron chi connectivity index (χ1n) is 6.61. The van der Waals surface area contributed by atoms with Gasteiger partial charge in [-0.05, 0) is 48.7 Å². The van der Waals surface area contributed by atoms with Crippen LogP contribution in [0.1, 0.15) is 22.3 Å². The minimum absolute atomic E-state index is 0.0702. The molecule has 20 heavy (non-hydrogen) atoms. The maximum absolute atomic E-state index is 9.41. The van der Waals surface area contributed by atoms with Crippen LogP contribution in [0.3, 0.4) is 0 Å². The molecule has 0 spiro atoms. The highest BCUT2D eigenvalue weighted by molar-refractivity contribution is 5.40. The smallest absolute Gasteiger partial charge is 0.125 e. The van der Waals surface area contributed by atoms with Gasteiger partial charge in [-0.3, -0.25) is 0 Å². The van der Waals surface area contributed by atoms with Crippen LogP contribution < -0.4 is 9.47 Å². The Kier molecular flexibility index (Phi) is 4.64. The maximum atomic E-state index is 9.41. The van der Waals surface area contributed by atoms with E-state index in [1.807, 2.05) is 18.2 Å². The average molecular weight is 272 g/mol. The van der Waals surface area contributed by atoms with E-state index in [-0.39, 0.29) is 6.61 Å². The summed E-state index contributed by atoms with van der Waals surface area (Å²) < 4.78 is 11.0. The van der Waals surface area contributed by atoms with Crippen LogP contribution >= 0.6 is 0 Å². The Morgan fingerprint density at radius 2 is 1.75 bits per heavy atom. The summed E-state index contributed by atoms with van der Waals surface area (Å²) in [5.41, 5.74) is 4.34. The molecule has 0 heterocycles. The molecule has 2 aromatic carbocycles. The predicted molar refractivity (Wildman–Crippen MR) is 79.2 cm³/mol. The largest absolute Gasteiger partial charge is 0.497 e. The second-order valence-corrected chi connectivity index (χ2v) is 4.79. The van der Waals surface area contributed by atoms with Crippen LogP contribution in [0.5, 0.6) is 11.5 Å². The van der Waals surface area contributed by atoms with E-state index >= 15 is 0 Å². The number of aliphatic hydroxyl groups is 1. The standard InChI is InChI=1S/C17H20O3/c1-12-5-4-6-13(2)16(12)11-20-17-8-7-15(19-3)9-14(17)10-18/h4-9,18H,10-11H2,1-3H3. The highest BCUT2D eigenvalue weighted by atomic mass is 16.5. The molecule has 0 aliphatic rings. The van der Waals surface area contributed by atoms with Crippen molar-refractivity contribution < 1.29 is 14.6 Å². The minimum atomic E-state index is -0.0702. The van der Waals surface area contributed by atoms with E-state index in [9.17, 15) is 5.11 Å². The van der Waals surface area contributed by atoms with Gasteiger partial charge in [0.25, 0.3) is 0 Å². The number of hydrogen-bond donors (Lipinski definition) is 1. The first-order valence-corrected chi connectivity index (χ1v) is 6.61. The van der Waals surface area contributed by atoms with Gasteiger partial charge in [0, 0.05) is 5.56 Å². The molecule has 0 amide bonds. The monoisotopic (exact) mass is 272 g/mol. The molecule has 2 aromatic rings. The highest BCUT2D eigenvalue weighted by Crippen LogP contribution is 2.26. The van der Waals surface area contributed by atoms with Crippen molar-refractivity contribution in [2.75, 3.05) is 7.11 Å². The predicted octanol–water partition coefficient (Wildman–Crippen LogP) is 3.38. The Hall–Kier alpha value is -2.00. The van der Waals surface area contributed by atoms with E-state index in [0.29, 0.717) is 18.1 Å². The van der Waals surface area contributed by atoms with Crippen LogP contribution in [-0.4, -0.2) is 12.2 Å². The lowest BCUT2D eigenvalue weighted by atomic mass is 10.0. The summed E-state index contributed by atoms with van der Waals surface area (Å²) in [6, 6.07) is 11.7. The number of rotatable bonds is 5. The zero-order valence-corrected chi connectivity index (χ0v) is 12.1. The third-order valence-electron chi connectivity index (χ3n) is 3.45. The van der Waals surface area contributed by atoms with Gasteiger partial charge in [0.15, 0.2) is 0 Å². The van der Waals surface area contributed by atoms with E-state index in [4.69, 9.17) is 9.47 Å². The Morgan fingerprint density at radius 3 is 2.35 bits per heavy atom. The van der Waals surface area contributed by atoms with Crippen molar-refractivity contribution in [1.29, 1.82) is 0 Å². The quantitative estimate of drug-likeness (QED) is 0.906. The number of benzene rings is 2. The van der Waals surface area contributed by atoms with Crippen molar-refractivity contribution in [1.82, 2.24) is 0 Å². The van der Waals surface area contributed by atoms with E-state index < -0.39 is 0 Å². The van der Waals surface area contributed by atoms with Crippen molar-refractivity contribution in [3.8, 4) is 11.5 Å². The molecule has 0 unspecified atom stereocenters. The third-order valence-corrected chi connectivity index (χ3v) is 3.45. The average Bonchev–Trinajstić information content (AvgIpc) is 2.46. The van der Waals surface area contributed by atoms with Gasteiger partial charge in [-0.15, -0.1) is 0 Å². The zero-order chi connectivity index (χ0) is 14.5. The van der Waals surface area contributed by atoms with Crippen LogP contribution in [0.2, 0.25) is 0 Å². The van der Waals surface area contributed by atoms with Gasteiger partial charge in [-0.2, -0.15) is 0 Å². The number of aliphatic hydroxyl groups excluding tert-OH is 1. The highest BCUT2D eigenvalue weighted by Gasteiger charge is 2.07. The van der Waals surface area contributed by atoms with Gasteiger partial charge < -0.3 is 14.6 Å². The number of methoxy groups -OCH3 is 1. The molecular weight excluding hydrogens is 252 g/mol. The first-order chi connectivity index (χ1) is 9.65. The molecule has 106 valence electrons. The summed E-state index contributed by atoms with van der Waals surface area (Å²) in [6.45, 7) is 4.58. The molecule has 0 aromatic heterocycles. The molecule has 2 rings (SSSR count). The summed E-state index contributed by atoms with van der Waals surface area (Å²) in [5.74, 6) is 1.41. The third kappa shape index (κ3) is 3.11. The van der Waals surface area contributed by atoms with Gasteiger partial charge in [0.1, 0.15) is 18.1 Å². The lowest BCUT2D eigenvalue weighted by Crippen LogP contribution is -2.02. The zero-order valence-electron chi connectivity index (χ0n) is 12.1. The Labute approximate surface area is 119 Å². The lowest BCUT2D eigenvalue weighted by Gasteiger charge is -2.14. The van der Waals surface area contributed by atoms with Crippen LogP contribution in [0.15, 0.2) is 36.4 Å². The molecule has 0 aliphatic carbocycles. The molecule has 3 heteroatoms. The van der Waals surface area contributed by atoms with E-state index in [0.717, 1.165) is 5.56 Å². The van der Waals surface area contributed by atoms with Crippen molar-refractivity contribution in [3.05, 3.63) is 58.7 Å². The van der Waals surface area contributed by atoms with Crippen molar-refractivity contribution >= 4 is 0 Å². The van der Waals surface area contributed by atoms with Gasteiger partial charge in [-0.25, -0.2) is 0 Å². The minimum Gasteiger partial charge on any atom is -0.497 e. The van der Waals surface area contributed by atoms with Gasteiger partial charge in [0.2, 0.25) is 0 Å². The summed E-state index contributed by atoms with van der Waals surface area (Å²) in [4.78, 5) is 0. The second-order valence-electron chi connectivity index (χ2n) is 4.79. The first kappa shape index (κ1) is 14.4. The molecule has 0 saturated carbocycles. The van der Waals surface area contributed by atoms with Crippen molar-refractivity contribution in [2.24, 2.45) is 0 Å². The Morgan fingerprint density at radius 1 is 1.05 bits per heavy atom. The van der Waals surface area contributed by atoms with E-state index in [1.165, 1.54) is 16.7 Å². The van der Waals surface area contributed by atoms with Crippen LogP contribution in [0.25, 0.3) is 0 Å². The molecule has 0 radical (unpaired) electrons. The Balaban J connectivity index is 2.19.